The van der Waals surface area contributed by atoms with Gasteiger partial charge in [0.1, 0.15) is 11.9 Å². The molecule has 0 fully saturated rings. The number of hydrogen-bond acceptors (Lipinski definition) is 3. The van der Waals surface area contributed by atoms with Gasteiger partial charge in [0.15, 0.2) is 11.5 Å². The molecule has 112 valence electrons. The topological polar surface area (TPSA) is 38.7 Å². The Bertz CT molecular complexity index is 658. The number of benzene rings is 2. The lowest BCUT2D eigenvalue weighted by molar-refractivity contribution is 0.219. The first-order valence-electron chi connectivity index (χ1n) is 6.34. The first-order chi connectivity index (χ1) is 9.99. The SMILES string of the molecule is COc1ccc(C(O)c2ccc(F)c(C)c2)c(Cl)c1OC. The highest BCUT2D eigenvalue weighted by Crippen LogP contribution is 2.41. The summed E-state index contributed by atoms with van der Waals surface area (Å²) in [6, 6.07) is 7.77. The number of rotatable bonds is 4. The Morgan fingerprint density at radius 3 is 2.43 bits per heavy atom. The van der Waals surface area contributed by atoms with Gasteiger partial charge in [-0.3, -0.25) is 0 Å². The van der Waals surface area contributed by atoms with E-state index >= 15 is 0 Å². The molecule has 0 amide bonds. The average Bonchev–Trinajstić information content (AvgIpc) is 2.48. The van der Waals surface area contributed by atoms with Gasteiger partial charge in [-0.1, -0.05) is 29.8 Å². The lowest BCUT2D eigenvalue weighted by Gasteiger charge is -2.17. The summed E-state index contributed by atoms with van der Waals surface area (Å²) in [5.74, 6) is 0.521. The van der Waals surface area contributed by atoms with Crippen LogP contribution in [0, 0.1) is 12.7 Å². The molecule has 0 spiro atoms. The summed E-state index contributed by atoms with van der Waals surface area (Å²) in [4.78, 5) is 0. The van der Waals surface area contributed by atoms with Crippen LogP contribution in [0.1, 0.15) is 22.8 Å². The van der Waals surface area contributed by atoms with Crippen molar-refractivity contribution in [1.82, 2.24) is 0 Å². The minimum atomic E-state index is -0.975. The summed E-state index contributed by atoms with van der Waals surface area (Å²) in [6.45, 7) is 1.64. The van der Waals surface area contributed by atoms with Crippen LogP contribution in [-0.4, -0.2) is 19.3 Å². The Kier molecular flexibility index (Phi) is 4.70. The van der Waals surface area contributed by atoms with E-state index in [0.717, 1.165) is 0 Å². The highest BCUT2D eigenvalue weighted by Gasteiger charge is 2.20. The molecule has 5 heteroatoms. The van der Waals surface area contributed by atoms with Crippen molar-refractivity contribution in [2.75, 3.05) is 14.2 Å². The number of aliphatic hydroxyl groups is 1. The number of methoxy groups -OCH3 is 2. The number of ether oxygens (including phenoxy) is 2. The first kappa shape index (κ1) is 15.6. The summed E-state index contributed by atoms with van der Waals surface area (Å²) in [5.41, 5.74) is 1.49. The molecule has 1 unspecified atom stereocenters. The third-order valence-electron chi connectivity index (χ3n) is 3.31. The van der Waals surface area contributed by atoms with Gasteiger partial charge < -0.3 is 14.6 Å². The maximum Gasteiger partial charge on any atom is 0.179 e. The van der Waals surface area contributed by atoms with Crippen LogP contribution < -0.4 is 9.47 Å². The van der Waals surface area contributed by atoms with Crippen LogP contribution in [0.25, 0.3) is 0 Å². The molecule has 0 bridgehead atoms. The number of aliphatic hydroxyl groups excluding tert-OH is 1. The minimum Gasteiger partial charge on any atom is -0.493 e. The second-order valence-electron chi connectivity index (χ2n) is 4.62. The van der Waals surface area contributed by atoms with Crippen molar-refractivity contribution in [3.05, 3.63) is 57.9 Å². The van der Waals surface area contributed by atoms with Crippen LogP contribution >= 0.6 is 11.6 Å². The molecular formula is C16H16ClFO3. The predicted octanol–water partition coefficient (Wildman–Crippen LogP) is 3.89. The molecule has 1 atom stereocenters. The Balaban J connectivity index is 2.48. The number of hydrogen-bond donors (Lipinski definition) is 1. The fraction of sp³-hybridized carbons (Fsp3) is 0.250. The molecule has 2 rings (SSSR count). The third-order valence-corrected chi connectivity index (χ3v) is 3.70. The fourth-order valence-electron chi connectivity index (χ4n) is 2.13. The van der Waals surface area contributed by atoms with Gasteiger partial charge in [0, 0.05) is 5.56 Å². The molecule has 0 saturated heterocycles. The van der Waals surface area contributed by atoms with Gasteiger partial charge >= 0.3 is 0 Å². The van der Waals surface area contributed by atoms with E-state index < -0.39 is 6.10 Å². The lowest BCUT2D eigenvalue weighted by Crippen LogP contribution is -2.03. The number of aryl methyl sites for hydroxylation is 1. The Hall–Kier alpha value is -1.78. The van der Waals surface area contributed by atoms with Crippen molar-refractivity contribution < 1.29 is 19.0 Å². The van der Waals surface area contributed by atoms with E-state index in [4.69, 9.17) is 21.1 Å². The van der Waals surface area contributed by atoms with Crippen molar-refractivity contribution in [2.45, 2.75) is 13.0 Å². The molecule has 0 aliphatic carbocycles. The minimum absolute atomic E-state index is 0.270. The summed E-state index contributed by atoms with van der Waals surface area (Å²) < 4.78 is 23.7. The van der Waals surface area contributed by atoms with Crippen LogP contribution in [0.4, 0.5) is 4.39 Å². The van der Waals surface area contributed by atoms with Gasteiger partial charge in [-0.2, -0.15) is 0 Å². The monoisotopic (exact) mass is 310 g/mol. The zero-order valence-electron chi connectivity index (χ0n) is 12.0. The quantitative estimate of drug-likeness (QED) is 0.931. The molecule has 21 heavy (non-hydrogen) atoms. The van der Waals surface area contributed by atoms with E-state index in [9.17, 15) is 9.50 Å². The Labute approximate surface area is 127 Å². The van der Waals surface area contributed by atoms with Crippen LogP contribution in [0.2, 0.25) is 5.02 Å². The van der Waals surface area contributed by atoms with Gasteiger partial charge in [0.25, 0.3) is 0 Å². The van der Waals surface area contributed by atoms with Crippen molar-refractivity contribution in [1.29, 1.82) is 0 Å². The zero-order valence-corrected chi connectivity index (χ0v) is 12.7. The second kappa shape index (κ2) is 6.33. The van der Waals surface area contributed by atoms with E-state index in [2.05, 4.69) is 0 Å². The normalized spacial score (nSPS) is 12.1. The molecule has 0 radical (unpaired) electrons. The van der Waals surface area contributed by atoms with Crippen molar-refractivity contribution >= 4 is 11.6 Å². The van der Waals surface area contributed by atoms with Crippen LogP contribution in [0.5, 0.6) is 11.5 Å². The zero-order chi connectivity index (χ0) is 15.6. The van der Waals surface area contributed by atoms with E-state index in [1.807, 2.05) is 0 Å². The molecule has 0 heterocycles. The third kappa shape index (κ3) is 2.96. The van der Waals surface area contributed by atoms with E-state index in [-0.39, 0.29) is 10.8 Å². The molecule has 2 aromatic rings. The Morgan fingerprint density at radius 2 is 1.86 bits per heavy atom. The highest BCUT2D eigenvalue weighted by molar-refractivity contribution is 6.33. The fourth-order valence-corrected chi connectivity index (χ4v) is 2.47. The smallest absolute Gasteiger partial charge is 0.179 e. The first-order valence-corrected chi connectivity index (χ1v) is 6.71. The van der Waals surface area contributed by atoms with Gasteiger partial charge in [0.05, 0.1) is 19.2 Å². The van der Waals surface area contributed by atoms with Crippen LogP contribution in [-0.2, 0) is 0 Å². The van der Waals surface area contributed by atoms with Crippen molar-refractivity contribution in [3.63, 3.8) is 0 Å². The van der Waals surface area contributed by atoms with Gasteiger partial charge in [-0.15, -0.1) is 0 Å². The van der Waals surface area contributed by atoms with Crippen molar-refractivity contribution in [2.24, 2.45) is 0 Å². The molecule has 2 aromatic carbocycles. The van der Waals surface area contributed by atoms with Crippen LogP contribution in [0.15, 0.2) is 30.3 Å². The summed E-state index contributed by atoms with van der Waals surface area (Å²) in [5, 5.41) is 10.7. The van der Waals surface area contributed by atoms with E-state index in [1.54, 1.807) is 25.1 Å². The van der Waals surface area contributed by atoms with E-state index in [0.29, 0.717) is 28.2 Å². The molecule has 1 N–H and O–H groups in total. The average molecular weight is 311 g/mol. The largest absolute Gasteiger partial charge is 0.493 e. The van der Waals surface area contributed by atoms with Gasteiger partial charge in [-0.05, 0) is 30.2 Å². The standard InChI is InChI=1S/C16H16ClFO3/c1-9-8-10(4-6-12(9)18)15(19)11-5-7-13(20-2)16(21-3)14(11)17/h4-8,15,19H,1-3H3. The maximum atomic E-state index is 13.3. The summed E-state index contributed by atoms with van der Waals surface area (Å²) in [6.07, 6.45) is -0.975. The number of halogens is 2. The molecule has 0 aliphatic rings. The molecular weight excluding hydrogens is 295 g/mol. The maximum absolute atomic E-state index is 13.3. The summed E-state index contributed by atoms with van der Waals surface area (Å²) >= 11 is 6.27. The Morgan fingerprint density at radius 1 is 1.14 bits per heavy atom. The second-order valence-corrected chi connectivity index (χ2v) is 4.99. The van der Waals surface area contributed by atoms with E-state index in [1.165, 1.54) is 26.4 Å². The van der Waals surface area contributed by atoms with Crippen LogP contribution in [0.3, 0.4) is 0 Å². The van der Waals surface area contributed by atoms with Gasteiger partial charge in [-0.25, -0.2) is 4.39 Å². The van der Waals surface area contributed by atoms with Gasteiger partial charge in [0.2, 0.25) is 0 Å². The lowest BCUT2D eigenvalue weighted by atomic mass is 9.99. The van der Waals surface area contributed by atoms with Crippen molar-refractivity contribution in [3.8, 4) is 11.5 Å². The predicted molar refractivity (Wildman–Crippen MR) is 79.8 cm³/mol. The molecule has 3 nitrogen and oxygen atoms in total. The summed E-state index contributed by atoms with van der Waals surface area (Å²) in [7, 11) is 2.98. The highest BCUT2D eigenvalue weighted by atomic mass is 35.5. The molecule has 0 saturated carbocycles. The molecule has 0 aliphatic heterocycles. The molecule has 0 aromatic heterocycles.